The molecule has 4 nitrogen and oxygen atoms in total. The lowest BCUT2D eigenvalue weighted by Gasteiger charge is -2.19. The Morgan fingerprint density at radius 2 is 1.85 bits per heavy atom. The molecule has 0 aliphatic heterocycles. The predicted octanol–water partition coefficient (Wildman–Crippen LogP) is 0.494. The van der Waals surface area contributed by atoms with Gasteiger partial charge in [0.15, 0.2) is 0 Å². The van der Waals surface area contributed by atoms with Crippen molar-refractivity contribution in [3.05, 3.63) is 0 Å². The molecule has 0 aliphatic carbocycles. The Bertz CT molecular complexity index is 193. The Morgan fingerprint density at radius 1 is 1.38 bits per heavy atom. The van der Waals surface area contributed by atoms with Crippen molar-refractivity contribution in [2.45, 2.75) is 25.1 Å². The second-order valence-electron chi connectivity index (χ2n) is 2.64. The third kappa shape index (κ3) is 4.26. The van der Waals surface area contributed by atoms with Crippen LogP contribution in [0.15, 0.2) is 0 Å². The van der Waals surface area contributed by atoms with Crippen LogP contribution in [-0.4, -0.2) is 34.6 Å². The molecule has 0 aromatic rings. The molecule has 13 heavy (non-hydrogen) atoms. The summed E-state index contributed by atoms with van der Waals surface area (Å²) in [7, 11) is 0. The van der Waals surface area contributed by atoms with Gasteiger partial charge < -0.3 is 10.6 Å². The first-order chi connectivity index (χ1) is 6.02. The summed E-state index contributed by atoms with van der Waals surface area (Å²) in [5.74, 6) is -0.550. The van der Waals surface area contributed by atoms with Crippen molar-refractivity contribution >= 4 is 27.7 Å². The minimum absolute atomic E-state index is 0.0503. The van der Waals surface area contributed by atoms with E-state index in [1.165, 1.54) is 0 Å². The summed E-state index contributed by atoms with van der Waals surface area (Å²) < 4.78 is 0. The molecule has 2 amide bonds. The maximum absolute atomic E-state index is 11.4. The number of primary amides is 1. The van der Waals surface area contributed by atoms with Crippen molar-refractivity contribution in [2.75, 3.05) is 13.1 Å². The quantitative estimate of drug-likeness (QED) is 0.723. The minimum atomic E-state index is -0.555. The van der Waals surface area contributed by atoms with Crippen LogP contribution in [-0.2, 0) is 9.59 Å². The van der Waals surface area contributed by atoms with Crippen molar-refractivity contribution in [2.24, 2.45) is 5.73 Å². The van der Waals surface area contributed by atoms with Crippen molar-refractivity contribution in [3.8, 4) is 0 Å². The molecule has 0 rings (SSSR count). The molecule has 0 aliphatic rings. The number of hydrogen-bond donors (Lipinski definition) is 1. The molecular formula is C8H15BrN2O2. The standard InChI is InChI=1S/C8H15BrN2O2/c1-3-11(4-2)7(12)5-6(9)8(10)13/h6H,3-5H2,1-2H3,(H2,10,13). The van der Waals surface area contributed by atoms with Gasteiger partial charge in [0.25, 0.3) is 0 Å². The SMILES string of the molecule is CCN(CC)C(=O)CC(Br)C(N)=O. The van der Waals surface area contributed by atoms with Gasteiger partial charge >= 0.3 is 0 Å². The summed E-state index contributed by atoms with van der Waals surface area (Å²) in [6.07, 6.45) is 0.136. The molecule has 1 unspecified atom stereocenters. The van der Waals surface area contributed by atoms with E-state index < -0.39 is 10.7 Å². The predicted molar refractivity (Wildman–Crippen MR) is 54.5 cm³/mol. The van der Waals surface area contributed by atoms with Crippen LogP contribution in [0.25, 0.3) is 0 Å². The van der Waals surface area contributed by atoms with Crippen LogP contribution < -0.4 is 5.73 Å². The molecule has 0 aromatic carbocycles. The molecular weight excluding hydrogens is 236 g/mol. The van der Waals surface area contributed by atoms with Crippen LogP contribution in [0.3, 0.4) is 0 Å². The average Bonchev–Trinajstić information content (AvgIpc) is 2.06. The molecule has 0 spiro atoms. The van der Waals surface area contributed by atoms with Gasteiger partial charge in [-0.2, -0.15) is 0 Å². The molecule has 76 valence electrons. The Hall–Kier alpha value is -0.580. The van der Waals surface area contributed by atoms with Gasteiger partial charge in [0.1, 0.15) is 4.83 Å². The molecule has 0 aromatic heterocycles. The highest BCUT2D eigenvalue weighted by Crippen LogP contribution is 2.06. The number of carbonyl (C=O) groups is 2. The van der Waals surface area contributed by atoms with Crippen LogP contribution in [0.5, 0.6) is 0 Å². The lowest BCUT2D eigenvalue weighted by atomic mass is 10.2. The molecule has 0 fully saturated rings. The first-order valence-electron chi connectivity index (χ1n) is 4.24. The van der Waals surface area contributed by atoms with Crippen LogP contribution in [0, 0.1) is 0 Å². The molecule has 1 atom stereocenters. The molecule has 0 bridgehead atoms. The fraction of sp³-hybridized carbons (Fsp3) is 0.750. The van der Waals surface area contributed by atoms with Gasteiger partial charge in [0, 0.05) is 19.5 Å². The normalized spacial score (nSPS) is 12.2. The first kappa shape index (κ1) is 12.4. The van der Waals surface area contributed by atoms with E-state index in [0.717, 1.165) is 0 Å². The minimum Gasteiger partial charge on any atom is -0.369 e. The van der Waals surface area contributed by atoms with Gasteiger partial charge in [0.05, 0.1) is 0 Å². The number of hydrogen-bond acceptors (Lipinski definition) is 2. The van der Waals surface area contributed by atoms with E-state index in [-0.39, 0.29) is 12.3 Å². The molecule has 0 saturated carbocycles. The maximum Gasteiger partial charge on any atom is 0.231 e. The van der Waals surface area contributed by atoms with Gasteiger partial charge in [-0.1, -0.05) is 15.9 Å². The molecule has 0 saturated heterocycles. The second kappa shape index (κ2) is 5.96. The van der Waals surface area contributed by atoms with E-state index in [9.17, 15) is 9.59 Å². The molecule has 5 heteroatoms. The number of rotatable bonds is 5. The van der Waals surface area contributed by atoms with Crippen LogP contribution in [0.1, 0.15) is 20.3 Å². The molecule has 2 N–H and O–H groups in total. The Kier molecular flexibility index (Phi) is 5.70. The van der Waals surface area contributed by atoms with Gasteiger partial charge in [-0.15, -0.1) is 0 Å². The zero-order valence-electron chi connectivity index (χ0n) is 7.92. The highest BCUT2D eigenvalue weighted by Gasteiger charge is 2.18. The summed E-state index contributed by atoms with van der Waals surface area (Å²) in [6.45, 7) is 5.12. The lowest BCUT2D eigenvalue weighted by Crippen LogP contribution is -2.35. The highest BCUT2D eigenvalue weighted by molar-refractivity contribution is 9.10. The Balaban J connectivity index is 4.05. The smallest absolute Gasteiger partial charge is 0.231 e. The number of halogens is 1. The highest BCUT2D eigenvalue weighted by atomic mass is 79.9. The lowest BCUT2D eigenvalue weighted by molar-refractivity contribution is -0.132. The van der Waals surface area contributed by atoms with Gasteiger partial charge in [-0.3, -0.25) is 9.59 Å². The molecule has 0 heterocycles. The number of amides is 2. The monoisotopic (exact) mass is 250 g/mol. The van der Waals surface area contributed by atoms with E-state index in [0.29, 0.717) is 13.1 Å². The third-order valence-corrected chi connectivity index (χ3v) is 2.55. The van der Waals surface area contributed by atoms with Crippen LogP contribution in [0.2, 0.25) is 0 Å². The number of nitrogens with two attached hydrogens (primary N) is 1. The Morgan fingerprint density at radius 3 is 2.15 bits per heavy atom. The van der Waals surface area contributed by atoms with E-state index in [1.54, 1.807) is 4.90 Å². The number of nitrogens with zero attached hydrogens (tertiary/aromatic N) is 1. The van der Waals surface area contributed by atoms with Crippen molar-refractivity contribution in [3.63, 3.8) is 0 Å². The van der Waals surface area contributed by atoms with E-state index in [2.05, 4.69) is 15.9 Å². The second-order valence-corrected chi connectivity index (χ2v) is 3.75. The number of alkyl halides is 1. The van der Waals surface area contributed by atoms with Gasteiger partial charge in [-0.05, 0) is 13.8 Å². The zero-order chi connectivity index (χ0) is 10.4. The summed E-state index contributed by atoms with van der Waals surface area (Å²) in [4.78, 5) is 23.2. The van der Waals surface area contributed by atoms with Gasteiger partial charge in [-0.25, -0.2) is 0 Å². The average molecular weight is 251 g/mol. The Labute approximate surface area is 86.6 Å². The van der Waals surface area contributed by atoms with Crippen LogP contribution >= 0.6 is 15.9 Å². The zero-order valence-corrected chi connectivity index (χ0v) is 9.50. The van der Waals surface area contributed by atoms with Crippen LogP contribution in [0.4, 0.5) is 0 Å². The largest absolute Gasteiger partial charge is 0.369 e. The maximum atomic E-state index is 11.4. The van der Waals surface area contributed by atoms with Crippen molar-refractivity contribution in [1.82, 2.24) is 4.90 Å². The first-order valence-corrected chi connectivity index (χ1v) is 5.15. The van der Waals surface area contributed by atoms with Crippen molar-refractivity contribution < 1.29 is 9.59 Å². The summed E-state index contributed by atoms with van der Waals surface area (Å²) in [6, 6.07) is 0. The number of carbonyl (C=O) groups excluding carboxylic acids is 2. The van der Waals surface area contributed by atoms with Crippen molar-refractivity contribution in [1.29, 1.82) is 0 Å². The van der Waals surface area contributed by atoms with E-state index in [1.807, 2.05) is 13.8 Å². The fourth-order valence-electron chi connectivity index (χ4n) is 0.959. The summed E-state index contributed by atoms with van der Waals surface area (Å²) in [5.41, 5.74) is 5.01. The topological polar surface area (TPSA) is 63.4 Å². The summed E-state index contributed by atoms with van der Waals surface area (Å²) in [5, 5.41) is 0. The fourth-order valence-corrected chi connectivity index (χ4v) is 1.24. The molecule has 0 radical (unpaired) electrons. The summed E-state index contributed by atoms with van der Waals surface area (Å²) >= 11 is 3.05. The third-order valence-electron chi connectivity index (χ3n) is 1.78. The van der Waals surface area contributed by atoms with E-state index in [4.69, 9.17) is 5.73 Å². The van der Waals surface area contributed by atoms with E-state index >= 15 is 0 Å². The van der Waals surface area contributed by atoms with Gasteiger partial charge in [0.2, 0.25) is 11.8 Å².